The molecule has 0 aromatic rings. The SMILES string of the molecule is CC1(C)C[Si](C)(CCCOC(=O)C(=CC(=O)O)C(C)(C)C)[Si](C)(C)[Si](C)(C)O1. The second-order valence-corrected chi connectivity index (χ2v) is 37.8. The zero-order valence-electron chi connectivity index (χ0n) is 19.5. The Balaban J connectivity index is 2.81. The zero-order chi connectivity index (χ0) is 22.2. The summed E-state index contributed by atoms with van der Waals surface area (Å²) in [5.41, 5.74) is -0.413. The molecule has 0 radical (unpaired) electrons. The molecule has 1 N–H and O–H groups in total. The fraction of sp³-hybridized carbons (Fsp3) is 0.800. The highest BCUT2D eigenvalue weighted by atomic mass is 29.6. The minimum Gasteiger partial charge on any atom is -0.478 e. The van der Waals surface area contributed by atoms with Gasteiger partial charge in [0.2, 0.25) is 0 Å². The molecule has 1 heterocycles. The Labute approximate surface area is 173 Å². The van der Waals surface area contributed by atoms with E-state index in [1.807, 2.05) is 20.8 Å². The molecule has 0 aliphatic carbocycles. The quantitative estimate of drug-likeness (QED) is 0.272. The van der Waals surface area contributed by atoms with E-state index in [1.54, 1.807) is 0 Å². The van der Waals surface area contributed by atoms with Crippen molar-refractivity contribution >= 4 is 34.5 Å². The Hall–Kier alpha value is -0.709. The molecule has 162 valence electrons. The maximum atomic E-state index is 12.4. The molecule has 1 saturated heterocycles. The van der Waals surface area contributed by atoms with E-state index >= 15 is 0 Å². The first-order valence-corrected chi connectivity index (χ1v) is 21.0. The molecule has 0 aromatic carbocycles. The summed E-state index contributed by atoms with van der Waals surface area (Å²) in [6.45, 7) is 22.6. The van der Waals surface area contributed by atoms with Crippen LogP contribution >= 0.6 is 0 Å². The molecule has 0 amide bonds. The fourth-order valence-electron chi connectivity index (χ4n) is 4.55. The third-order valence-corrected chi connectivity index (χ3v) is 47.5. The van der Waals surface area contributed by atoms with Gasteiger partial charge >= 0.3 is 11.9 Å². The minimum atomic E-state index is -1.71. The molecule has 1 atom stereocenters. The zero-order valence-corrected chi connectivity index (χ0v) is 22.5. The van der Waals surface area contributed by atoms with Crippen molar-refractivity contribution in [2.24, 2.45) is 5.41 Å². The van der Waals surface area contributed by atoms with Crippen LogP contribution in [-0.2, 0) is 18.8 Å². The van der Waals surface area contributed by atoms with Crippen LogP contribution in [-0.4, -0.2) is 51.8 Å². The topological polar surface area (TPSA) is 72.8 Å². The molecule has 8 heteroatoms. The van der Waals surface area contributed by atoms with Crippen molar-refractivity contribution < 1.29 is 23.9 Å². The number of hydrogen-bond donors (Lipinski definition) is 1. The van der Waals surface area contributed by atoms with Crippen molar-refractivity contribution in [1.29, 1.82) is 0 Å². The molecule has 5 nitrogen and oxygen atoms in total. The standard InChI is InChI=1S/C20H40O5Si3/c1-19(2,3)16(14-17(21)22)18(23)24-12-11-13-28(10)15-20(4,5)25-26(6,7)27(28,8)9/h14H,11-13,15H2,1-10H3,(H,21,22). The number of ether oxygens (including phenoxy) is 1. The lowest BCUT2D eigenvalue weighted by molar-refractivity contribution is -0.141. The van der Waals surface area contributed by atoms with Gasteiger partial charge in [-0.3, -0.25) is 0 Å². The molecule has 0 saturated carbocycles. The molecular formula is C20H40O5Si3. The van der Waals surface area contributed by atoms with Crippen LogP contribution < -0.4 is 0 Å². The van der Waals surface area contributed by atoms with E-state index in [9.17, 15) is 9.59 Å². The van der Waals surface area contributed by atoms with Gasteiger partial charge in [-0.15, -0.1) is 0 Å². The predicted octanol–water partition coefficient (Wildman–Crippen LogP) is 4.93. The van der Waals surface area contributed by atoms with E-state index in [0.717, 1.165) is 24.6 Å². The normalized spacial score (nSPS) is 26.6. The largest absolute Gasteiger partial charge is 0.478 e. The highest BCUT2D eigenvalue weighted by molar-refractivity contribution is 7.67. The van der Waals surface area contributed by atoms with Crippen molar-refractivity contribution in [2.45, 2.75) is 91.5 Å². The number of carboxylic acid groups (broad SMARTS) is 1. The number of hydrogen-bond acceptors (Lipinski definition) is 4. The Morgan fingerprint density at radius 2 is 1.68 bits per heavy atom. The Morgan fingerprint density at radius 3 is 2.14 bits per heavy atom. The van der Waals surface area contributed by atoms with Crippen molar-refractivity contribution in [3.8, 4) is 0 Å². The first-order chi connectivity index (χ1) is 12.3. The van der Waals surface area contributed by atoms with E-state index in [-0.39, 0.29) is 11.2 Å². The van der Waals surface area contributed by atoms with Gasteiger partial charge in [-0.25, -0.2) is 9.59 Å². The third kappa shape index (κ3) is 5.67. The number of carbonyl (C=O) groups excluding carboxylic acids is 1. The number of aliphatic carboxylic acids is 1. The highest BCUT2D eigenvalue weighted by Crippen LogP contribution is 2.46. The smallest absolute Gasteiger partial charge is 0.334 e. The van der Waals surface area contributed by atoms with Gasteiger partial charge in [-0.1, -0.05) is 46.5 Å². The average molecular weight is 445 g/mol. The summed E-state index contributed by atoms with van der Waals surface area (Å²) < 4.78 is 12.1. The van der Waals surface area contributed by atoms with E-state index in [4.69, 9.17) is 14.3 Å². The number of rotatable bonds is 6. The molecule has 0 aromatic heterocycles. The van der Waals surface area contributed by atoms with Gasteiger partial charge in [0.1, 0.15) is 0 Å². The predicted molar refractivity (Wildman–Crippen MR) is 122 cm³/mol. The molecule has 28 heavy (non-hydrogen) atoms. The van der Waals surface area contributed by atoms with Crippen LogP contribution in [0.4, 0.5) is 0 Å². The van der Waals surface area contributed by atoms with Crippen molar-refractivity contribution in [1.82, 2.24) is 0 Å². The fourth-order valence-corrected chi connectivity index (χ4v) is 38.4. The molecule has 1 aliphatic heterocycles. The highest BCUT2D eigenvalue weighted by Gasteiger charge is 2.61. The lowest BCUT2D eigenvalue weighted by Crippen LogP contribution is -2.78. The van der Waals surface area contributed by atoms with Crippen LogP contribution in [0.3, 0.4) is 0 Å². The molecule has 0 bridgehead atoms. The molecule has 1 unspecified atom stereocenters. The Morgan fingerprint density at radius 1 is 1.14 bits per heavy atom. The van der Waals surface area contributed by atoms with E-state index in [1.165, 1.54) is 0 Å². The minimum absolute atomic E-state index is 0.0560. The summed E-state index contributed by atoms with van der Waals surface area (Å²) >= 11 is 0. The van der Waals surface area contributed by atoms with Crippen LogP contribution in [0, 0.1) is 5.41 Å². The molecule has 1 aliphatic rings. The second-order valence-electron chi connectivity index (χ2n) is 11.1. The average Bonchev–Trinajstić information content (AvgIpc) is 2.44. The Bertz CT molecular complexity index is 647. The summed E-state index contributed by atoms with van der Waals surface area (Å²) in [7, 11) is -4.72. The molecule has 1 rings (SSSR count). The summed E-state index contributed by atoms with van der Waals surface area (Å²) in [4.78, 5) is 23.5. The second kappa shape index (κ2) is 8.20. The first-order valence-electron chi connectivity index (χ1n) is 10.2. The summed E-state index contributed by atoms with van der Waals surface area (Å²) in [5, 5.41) is 9.05. The van der Waals surface area contributed by atoms with E-state index in [2.05, 4.69) is 46.6 Å². The first kappa shape index (κ1) is 25.3. The van der Waals surface area contributed by atoms with E-state index in [0.29, 0.717) is 6.61 Å². The Kier molecular flexibility index (Phi) is 7.42. The van der Waals surface area contributed by atoms with Gasteiger partial charge in [0.05, 0.1) is 13.7 Å². The maximum absolute atomic E-state index is 12.4. The third-order valence-electron chi connectivity index (χ3n) is 6.76. The molecule has 1 fully saturated rings. The molecule has 0 spiro atoms. The van der Waals surface area contributed by atoms with Crippen molar-refractivity contribution in [3.63, 3.8) is 0 Å². The van der Waals surface area contributed by atoms with E-state index < -0.39 is 39.9 Å². The number of carboxylic acids is 1. The van der Waals surface area contributed by atoms with Crippen LogP contribution in [0.15, 0.2) is 11.6 Å². The van der Waals surface area contributed by atoms with Gasteiger partial charge < -0.3 is 14.3 Å². The number of esters is 1. The van der Waals surface area contributed by atoms with Crippen molar-refractivity contribution in [2.75, 3.05) is 6.61 Å². The summed E-state index contributed by atoms with van der Waals surface area (Å²) in [6, 6.07) is 2.30. The monoisotopic (exact) mass is 444 g/mol. The number of carbonyl (C=O) groups is 2. The van der Waals surface area contributed by atoms with Gasteiger partial charge in [-0.2, -0.15) is 0 Å². The summed E-state index contributed by atoms with van der Waals surface area (Å²) in [6.07, 6.45) is 1.82. The van der Waals surface area contributed by atoms with Gasteiger partial charge in [-0.05, 0) is 44.8 Å². The van der Waals surface area contributed by atoms with Crippen LogP contribution in [0.2, 0.25) is 44.8 Å². The van der Waals surface area contributed by atoms with Gasteiger partial charge in [0.25, 0.3) is 0 Å². The molecular weight excluding hydrogens is 404 g/mol. The maximum Gasteiger partial charge on any atom is 0.334 e. The van der Waals surface area contributed by atoms with Crippen LogP contribution in [0.25, 0.3) is 0 Å². The van der Waals surface area contributed by atoms with Crippen LogP contribution in [0.5, 0.6) is 0 Å². The van der Waals surface area contributed by atoms with Gasteiger partial charge in [0, 0.05) is 24.8 Å². The van der Waals surface area contributed by atoms with Gasteiger partial charge in [0.15, 0.2) is 7.83 Å². The van der Waals surface area contributed by atoms with Crippen LogP contribution in [0.1, 0.15) is 41.0 Å². The van der Waals surface area contributed by atoms with Crippen molar-refractivity contribution in [3.05, 3.63) is 11.6 Å². The lowest BCUT2D eigenvalue weighted by Gasteiger charge is -2.59. The lowest BCUT2D eigenvalue weighted by atomic mass is 9.86. The summed E-state index contributed by atoms with van der Waals surface area (Å²) in [5.74, 6) is -1.63.